The molecular weight excluding hydrogens is 336 g/mol. The number of thioether (sulfide) groups is 1. The SMILES string of the molecule is CSC1(CNS(=O)(=O)c2cc([N+](=O)[O-])c(NN)s2)CCC1. The standard InChI is InChI=1S/C10H16N4O4S3/c1-19-10(3-2-4-10)6-12-21(17,18)8-5-7(14(15)16)9(13-11)20-8/h5,12-13H,2-4,6,11H2,1H3. The van der Waals surface area contributed by atoms with E-state index in [9.17, 15) is 18.5 Å². The number of nitrogen functional groups attached to an aromatic ring is 1. The summed E-state index contributed by atoms with van der Waals surface area (Å²) < 4.78 is 26.9. The first-order valence-corrected chi connectivity index (χ1v) is 9.66. The van der Waals surface area contributed by atoms with Crippen LogP contribution in [-0.4, -0.2) is 30.9 Å². The van der Waals surface area contributed by atoms with Gasteiger partial charge in [0.05, 0.1) is 4.92 Å². The van der Waals surface area contributed by atoms with E-state index in [1.807, 2.05) is 6.26 Å². The van der Waals surface area contributed by atoms with Gasteiger partial charge in [0.25, 0.3) is 0 Å². The molecule has 1 saturated carbocycles. The Labute approximate surface area is 130 Å². The van der Waals surface area contributed by atoms with E-state index in [-0.39, 0.29) is 19.6 Å². The van der Waals surface area contributed by atoms with Crippen LogP contribution in [0.1, 0.15) is 19.3 Å². The highest BCUT2D eigenvalue weighted by atomic mass is 32.2. The quantitative estimate of drug-likeness (QED) is 0.385. The molecule has 1 aromatic rings. The highest BCUT2D eigenvalue weighted by Crippen LogP contribution is 2.42. The first kappa shape index (κ1) is 16.5. The van der Waals surface area contributed by atoms with Gasteiger partial charge in [0.1, 0.15) is 4.21 Å². The lowest BCUT2D eigenvalue weighted by Crippen LogP contribution is -2.45. The number of anilines is 1. The van der Waals surface area contributed by atoms with Gasteiger partial charge in [0.15, 0.2) is 5.00 Å². The van der Waals surface area contributed by atoms with Crippen molar-refractivity contribution in [3.05, 3.63) is 16.2 Å². The lowest BCUT2D eigenvalue weighted by atomic mass is 9.84. The van der Waals surface area contributed by atoms with Crippen LogP contribution in [0, 0.1) is 10.1 Å². The van der Waals surface area contributed by atoms with Gasteiger partial charge in [-0.3, -0.25) is 10.1 Å². The molecule has 0 unspecified atom stereocenters. The zero-order valence-electron chi connectivity index (χ0n) is 11.3. The van der Waals surface area contributed by atoms with Crippen molar-refractivity contribution in [2.75, 3.05) is 18.2 Å². The summed E-state index contributed by atoms with van der Waals surface area (Å²) in [5.41, 5.74) is 1.81. The third-order valence-electron chi connectivity index (χ3n) is 3.56. The van der Waals surface area contributed by atoms with Gasteiger partial charge >= 0.3 is 5.69 Å². The number of nitrogens with two attached hydrogens (primary N) is 1. The fraction of sp³-hybridized carbons (Fsp3) is 0.600. The molecule has 0 bridgehead atoms. The van der Waals surface area contributed by atoms with Crippen LogP contribution >= 0.6 is 23.1 Å². The van der Waals surface area contributed by atoms with Crippen LogP contribution in [0.4, 0.5) is 10.7 Å². The van der Waals surface area contributed by atoms with Crippen LogP contribution in [0.3, 0.4) is 0 Å². The number of hydrazine groups is 1. The summed E-state index contributed by atoms with van der Waals surface area (Å²) in [5, 5.41) is 10.9. The van der Waals surface area contributed by atoms with Crippen LogP contribution in [0.5, 0.6) is 0 Å². The molecule has 1 heterocycles. The van der Waals surface area contributed by atoms with E-state index in [4.69, 9.17) is 5.84 Å². The molecule has 0 saturated heterocycles. The Kier molecular flexibility index (Phi) is 4.78. The molecule has 8 nitrogen and oxygen atoms in total. The van der Waals surface area contributed by atoms with E-state index >= 15 is 0 Å². The van der Waals surface area contributed by atoms with Crippen molar-refractivity contribution in [1.29, 1.82) is 0 Å². The Bertz CT molecular complexity index is 633. The molecule has 0 radical (unpaired) electrons. The third-order valence-corrected chi connectivity index (χ3v) is 7.91. The summed E-state index contributed by atoms with van der Waals surface area (Å²) in [7, 11) is -3.77. The second kappa shape index (κ2) is 6.08. The fourth-order valence-electron chi connectivity index (χ4n) is 2.05. The lowest BCUT2D eigenvalue weighted by Gasteiger charge is -2.40. The molecule has 1 fully saturated rings. The molecule has 1 aromatic heterocycles. The number of nitro groups is 1. The van der Waals surface area contributed by atoms with Gasteiger partial charge in [-0.15, -0.1) is 0 Å². The van der Waals surface area contributed by atoms with E-state index < -0.39 is 14.9 Å². The maximum absolute atomic E-state index is 12.2. The summed E-state index contributed by atoms with van der Waals surface area (Å²) in [6, 6.07) is 1.02. The number of hydrogen-bond acceptors (Lipinski definition) is 8. The second-order valence-corrected chi connectivity index (χ2v) is 9.07. The Hall–Kier alpha value is -0.880. The zero-order valence-corrected chi connectivity index (χ0v) is 13.7. The molecule has 0 amide bonds. The van der Waals surface area contributed by atoms with Crippen molar-refractivity contribution in [2.45, 2.75) is 28.2 Å². The smallest absolute Gasteiger partial charge is 0.306 e. The van der Waals surface area contributed by atoms with E-state index in [0.29, 0.717) is 6.54 Å². The number of nitrogens with one attached hydrogen (secondary N) is 2. The molecule has 21 heavy (non-hydrogen) atoms. The molecule has 11 heteroatoms. The summed E-state index contributed by atoms with van der Waals surface area (Å²) in [5.74, 6) is 5.18. The predicted octanol–water partition coefficient (Wildman–Crippen LogP) is 1.51. The molecule has 0 aromatic carbocycles. The number of thiophene rings is 1. The zero-order chi connectivity index (χ0) is 15.7. The predicted molar refractivity (Wildman–Crippen MR) is 84.1 cm³/mol. The molecule has 118 valence electrons. The first-order chi connectivity index (χ1) is 9.83. The van der Waals surface area contributed by atoms with Gasteiger partial charge in [-0.2, -0.15) is 11.8 Å². The van der Waals surface area contributed by atoms with Gasteiger partial charge in [-0.05, 0) is 19.1 Å². The first-order valence-electron chi connectivity index (χ1n) is 6.13. The molecule has 2 rings (SSSR count). The summed E-state index contributed by atoms with van der Waals surface area (Å²) in [6.45, 7) is 0.327. The van der Waals surface area contributed by atoms with E-state index in [0.717, 1.165) is 36.7 Å². The average molecular weight is 352 g/mol. The highest BCUT2D eigenvalue weighted by molar-refractivity contribution is 8.00. The van der Waals surface area contributed by atoms with Crippen molar-refractivity contribution in [2.24, 2.45) is 5.84 Å². The molecule has 0 spiro atoms. The summed E-state index contributed by atoms with van der Waals surface area (Å²) in [4.78, 5) is 10.2. The maximum atomic E-state index is 12.2. The molecule has 1 aliphatic carbocycles. The Morgan fingerprint density at radius 3 is 2.62 bits per heavy atom. The maximum Gasteiger partial charge on any atom is 0.306 e. The van der Waals surface area contributed by atoms with Gasteiger partial charge in [-0.1, -0.05) is 17.8 Å². The van der Waals surface area contributed by atoms with Crippen molar-refractivity contribution in [1.82, 2.24) is 4.72 Å². The van der Waals surface area contributed by atoms with Crippen LogP contribution < -0.4 is 16.0 Å². The molecule has 4 N–H and O–H groups in total. The summed E-state index contributed by atoms with van der Waals surface area (Å²) in [6.07, 6.45) is 4.99. The number of hydrogen-bond donors (Lipinski definition) is 3. The number of sulfonamides is 1. The lowest BCUT2D eigenvalue weighted by molar-refractivity contribution is -0.383. The van der Waals surface area contributed by atoms with Gasteiger partial charge in [-0.25, -0.2) is 19.0 Å². The average Bonchev–Trinajstić information content (AvgIpc) is 2.83. The van der Waals surface area contributed by atoms with Crippen LogP contribution in [0.15, 0.2) is 10.3 Å². The largest absolute Gasteiger partial charge is 0.310 e. The fourth-order valence-corrected chi connectivity index (χ4v) is 5.47. The van der Waals surface area contributed by atoms with Crippen molar-refractivity contribution in [3.8, 4) is 0 Å². The van der Waals surface area contributed by atoms with E-state index in [2.05, 4.69) is 10.1 Å². The van der Waals surface area contributed by atoms with Crippen LogP contribution in [0.2, 0.25) is 0 Å². The number of rotatable bonds is 7. The Morgan fingerprint density at radius 1 is 1.57 bits per heavy atom. The topological polar surface area (TPSA) is 127 Å². The molecule has 0 atom stereocenters. The molecular formula is C10H16N4O4S3. The monoisotopic (exact) mass is 352 g/mol. The van der Waals surface area contributed by atoms with Crippen LogP contribution in [-0.2, 0) is 10.0 Å². The molecule has 1 aliphatic rings. The number of nitrogens with zero attached hydrogens (tertiary/aromatic N) is 1. The second-order valence-electron chi connectivity index (χ2n) is 4.75. The summed E-state index contributed by atoms with van der Waals surface area (Å²) >= 11 is 2.39. The van der Waals surface area contributed by atoms with Gasteiger partial charge in [0.2, 0.25) is 10.0 Å². The third kappa shape index (κ3) is 3.31. The van der Waals surface area contributed by atoms with E-state index in [1.165, 1.54) is 0 Å². The minimum atomic E-state index is -3.77. The van der Waals surface area contributed by atoms with Crippen molar-refractivity contribution >= 4 is 43.8 Å². The van der Waals surface area contributed by atoms with Gasteiger partial charge in [0, 0.05) is 17.4 Å². The Morgan fingerprint density at radius 2 is 2.24 bits per heavy atom. The molecule has 0 aliphatic heterocycles. The Balaban J connectivity index is 2.18. The minimum Gasteiger partial charge on any atom is -0.310 e. The highest BCUT2D eigenvalue weighted by Gasteiger charge is 2.37. The van der Waals surface area contributed by atoms with Crippen molar-refractivity contribution < 1.29 is 13.3 Å². The van der Waals surface area contributed by atoms with E-state index in [1.54, 1.807) is 11.8 Å². The van der Waals surface area contributed by atoms with Crippen LogP contribution in [0.25, 0.3) is 0 Å². The van der Waals surface area contributed by atoms with Gasteiger partial charge < -0.3 is 5.43 Å². The van der Waals surface area contributed by atoms with Crippen molar-refractivity contribution in [3.63, 3.8) is 0 Å². The normalized spacial score (nSPS) is 17.2. The minimum absolute atomic E-state index is 0.0172.